The molecule has 2 atom stereocenters. The maximum absolute atomic E-state index is 12.2. The van der Waals surface area contributed by atoms with E-state index >= 15 is 0 Å². The van der Waals surface area contributed by atoms with Crippen LogP contribution in [0.2, 0.25) is 0 Å². The third kappa shape index (κ3) is 2.86. The number of sulfonamides is 1. The van der Waals surface area contributed by atoms with E-state index in [9.17, 15) is 13.2 Å². The molecule has 0 aromatic rings. The fourth-order valence-electron chi connectivity index (χ4n) is 3.88. The smallest absolute Gasteiger partial charge is 0.225 e. The van der Waals surface area contributed by atoms with Crippen molar-refractivity contribution in [1.82, 2.24) is 9.62 Å². The number of piperidine rings is 1. The van der Waals surface area contributed by atoms with Gasteiger partial charge in [0.1, 0.15) is 0 Å². The van der Waals surface area contributed by atoms with Crippen LogP contribution in [-0.2, 0) is 14.8 Å². The van der Waals surface area contributed by atoms with Gasteiger partial charge in [0.2, 0.25) is 15.9 Å². The predicted molar refractivity (Wildman–Crippen MR) is 76.5 cm³/mol. The summed E-state index contributed by atoms with van der Waals surface area (Å²) in [5.74, 6) is 1.20. The molecule has 1 saturated heterocycles. The Hall–Kier alpha value is -0.620. The zero-order valence-corrected chi connectivity index (χ0v) is 13.1. The Kier molecular flexibility index (Phi) is 3.36. The number of rotatable bonds is 3. The lowest BCUT2D eigenvalue weighted by Crippen LogP contribution is -2.55. The standard InChI is InChI=1S/C14H24N2O3S/c1-10-7-12(10)13(17)16-5-3-14(4-6-16)8-11(9-14)15-20(2,18)19/h10-12,15H,3-9H2,1-2H3/t10-,12-/m1/s1. The van der Waals surface area contributed by atoms with Crippen LogP contribution in [-0.4, -0.2) is 44.6 Å². The number of likely N-dealkylation sites (tertiary alicyclic amines) is 1. The molecule has 1 heterocycles. The Morgan fingerprint density at radius 1 is 1.25 bits per heavy atom. The SMILES string of the molecule is C[C@@H]1C[C@H]1C(=O)N1CCC2(CC1)CC(NS(C)(=O)=O)C2. The van der Waals surface area contributed by atoms with Gasteiger partial charge in [-0.1, -0.05) is 6.92 Å². The zero-order valence-electron chi connectivity index (χ0n) is 12.3. The summed E-state index contributed by atoms with van der Waals surface area (Å²) in [5.41, 5.74) is 0.286. The molecule has 0 aromatic heterocycles. The molecule has 1 aliphatic heterocycles. The highest BCUT2D eigenvalue weighted by Gasteiger charge is 2.49. The molecule has 0 bridgehead atoms. The molecule has 3 aliphatic rings. The molecule has 3 fully saturated rings. The number of hydrogen-bond acceptors (Lipinski definition) is 3. The molecule has 114 valence electrons. The molecular formula is C14H24N2O3S. The van der Waals surface area contributed by atoms with Crippen LogP contribution in [0.15, 0.2) is 0 Å². The van der Waals surface area contributed by atoms with Crippen LogP contribution in [0, 0.1) is 17.3 Å². The van der Waals surface area contributed by atoms with Crippen molar-refractivity contribution in [3.05, 3.63) is 0 Å². The topological polar surface area (TPSA) is 66.5 Å². The van der Waals surface area contributed by atoms with E-state index in [1.165, 1.54) is 6.26 Å². The average Bonchev–Trinajstić information content (AvgIpc) is 3.03. The Morgan fingerprint density at radius 2 is 1.80 bits per heavy atom. The lowest BCUT2D eigenvalue weighted by Gasteiger charge is -2.52. The van der Waals surface area contributed by atoms with E-state index in [0.717, 1.165) is 45.2 Å². The molecule has 2 aliphatic carbocycles. The summed E-state index contributed by atoms with van der Waals surface area (Å²) in [4.78, 5) is 14.2. The highest BCUT2D eigenvalue weighted by molar-refractivity contribution is 7.88. The quantitative estimate of drug-likeness (QED) is 0.844. The first-order chi connectivity index (χ1) is 9.28. The molecular weight excluding hydrogens is 276 g/mol. The van der Waals surface area contributed by atoms with E-state index in [2.05, 4.69) is 11.6 Å². The molecule has 0 aromatic carbocycles. The maximum Gasteiger partial charge on any atom is 0.225 e. The van der Waals surface area contributed by atoms with Gasteiger partial charge >= 0.3 is 0 Å². The van der Waals surface area contributed by atoms with Crippen LogP contribution in [0.1, 0.15) is 39.0 Å². The highest BCUT2D eigenvalue weighted by Crippen LogP contribution is 2.50. The molecule has 1 amide bonds. The summed E-state index contributed by atoms with van der Waals surface area (Å²) in [5, 5.41) is 0. The summed E-state index contributed by atoms with van der Waals surface area (Å²) in [6, 6.07) is 0.107. The van der Waals surface area contributed by atoms with Gasteiger partial charge in [0.25, 0.3) is 0 Å². The molecule has 6 heteroatoms. The molecule has 1 spiro atoms. The summed E-state index contributed by atoms with van der Waals surface area (Å²) < 4.78 is 25.1. The second-order valence-corrected chi connectivity index (χ2v) is 8.92. The van der Waals surface area contributed by atoms with Crippen LogP contribution >= 0.6 is 0 Å². The van der Waals surface area contributed by atoms with Crippen molar-refractivity contribution in [2.45, 2.75) is 45.1 Å². The molecule has 3 rings (SSSR count). The zero-order chi connectivity index (χ0) is 14.5. The summed E-state index contributed by atoms with van der Waals surface area (Å²) in [7, 11) is -3.09. The number of carbonyl (C=O) groups is 1. The van der Waals surface area contributed by atoms with Crippen molar-refractivity contribution in [3.63, 3.8) is 0 Å². The van der Waals surface area contributed by atoms with Gasteiger partial charge in [-0.3, -0.25) is 4.79 Å². The summed E-state index contributed by atoms with van der Waals surface area (Å²) >= 11 is 0. The first kappa shape index (κ1) is 14.3. The Labute approximate surface area is 121 Å². The van der Waals surface area contributed by atoms with Crippen LogP contribution in [0.25, 0.3) is 0 Å². The van der Waals surface area contributed by atoms with E-state index in [0.29, 0.717) is 11.8 Å². The minimum absolute atomic E-state index is 0.107. The normalized spacial score (nSPS) is 33.0. The Bertz CT molecular complexity index is 501. The van der Waals surface area contributed by atoms with Crippen molar-refractivity contribution in [2.24, 2.45) is 17.3 Å². The number of hydrogen-bond donors (Lipinski definition) is 1. The van der Waals surface area contributed by atoms with E-state index < -0.39 is 10.0 Å². The van der Waals surface area contributed by atoms with E-state index in [4.69, 9.17) is 0 Å². The summed E-state index contributed by atoms with van der Waals surface area (Å²) in [6.07, 6.45) is 6.20. The van der Waals surface area contributed by atoms with Crippen LogP contribution in [0.4, 0.5) is 0 Å². The number of nitrogens with one attached hydrogen (secondary N) is 1. The van der Waals surface area contributed by atoms with Gasteiger partial charge in [-0.15, -0.1) is 0 Å². The monoisotopic (exact) mass is 300 g/mol. The van der Waals surface area contributed by atoms with Gasteiger partial charge < -0.3 is 4.90 Å². The van der Waals surface area contributed by atoms with Gasteiger partial charge in [-0.25, -0.2) is 13.1 Å². The van der Waals surface area contributed by atoms with Crippen molar-refractivity contribution in [2.75, 3.05) is 19.3 Å². The first-order valence-electron chi connectivity index (χ1n) is 7.54. The van der Waals surface area contributed by atoms with E-state index in [1.807, 2.05) is 4.90 Å². The second kappa shape index (κ2) is 4.70. The van der Waals surface area contributed by atoms with Gasteiger partial charge in [0, 0.05) is 25.0 Å². The Morgan fingerprint density at radius 3 is 2.25 bits per heavy atom. The van der Waals surface area contributed by atoms with E-state index in [-0.39, 0.29) is 17.4 Å². The molecule has 0 unspecified atom stereocenters. The molecule has 2 saturated carbocycles. The second-order valence-electron chi connectivity index (χ2n) is 7.14. The van der Waals surface area contributed by atoms with Crippen molar-refractivity contribution in [1.29, 1.82) is 0 Å². The largest absolute Gasteiger partial charge is 0.342 e. The third-order valence-electron chi connectivity index (χ3n) is 5.30. The number of amides is 1. The number of carbonyl (C=O) groups excluding carboxylic acids is 1. The van der Waals surface area contributed by atoms with Gasteiger partial charge in [0.05, 0.1) is 6.26 Å². The van der Waals surface area contributed by atoms with Gasteiger partial charge in [-0.05, 0) is 43.4 Å². The highest BCUT2D eigenvalue weighted by atomic mass is 32.2. The Balaban J connectivity index is 1.47. The minimum atomic E-state index is -3.09. The molecule has 0 radical (unpaired) electrons. The fraction of sp³-hybridized carbons (Fsp3) is 0.929. The van der Waals surface area contributed by atoms with Gasteiger partial charge in [0.15, 0.2) is 0 Å². The average molecular weight is 300 g/mol. The predicted octanol–water partition coefficient (Wildman–Crippen LogP) is 0.963. The minimum Gasteiger partial charge on any atom is -0.342 e. The van der Waals surface area contributed by atoms with Crippen LogP contribution < -0.4 is 4.72 Å². The lowest BCUT2D eigenvalue weighted by atomic mass is 9.60. The fourth-order valence-corrected chi connectivity index (χ4v) is 4.65. The van der Waals surface area contributed by atoms with Crippen molar-refractivity contribution in [3.8, 4) is 0 Å². The molecule has 1 N–H and O–H groups in total. The van der Waals surface area contributed by atoms with Crippen LogP contribution in [0.3, 0.4) is 0 Å². The lowest BCUT2D eigenvalue weighted by molar-refractivity contribution is -0.136. The van der Waals surface area contributed by atoms with Crippen LogP contribution in [0.5, 0.6) is 0 Å². The van der Waals surface area contributed by atoms with Crippen molar-refractivity contribution >= 4 is 15.9 Å². The summed E-state index contributed by atoms with van der Waals surface area (Å²) in [6.45, 7) is 3.85. The van der Waals surface area contributed by atoms with Crippen molar-refractivity contribution < 1.29 is 13.2 Å². The van der Waals surface area contributed by atoms with E-state index in [1.54, 1.807) is 0 Å². The third-order valence-corrected chi connectivity index (χ3v) is 6.06. The van der Waals surface area contributed by atoms with Gasteiger partial charge in [-0.2, -0.15) is 0 Å². The number of nitrogens with zero attached hydrogens (tertiary/aromatic N) is 1. The maximum atomic E-state index is 12.2. The molecule has 5 nitrogen and oxygen atoms in total. The first-order valence-corrected chi connectivity index (χ1v) is 9.43. The molecule has 20 heavy (non-hydrogen) atoms.